The summed E-state index contributed by atoms with van der Waals surface area (Å²) in [5.74, 6) is -2.86. The maximum Gasteiger partial charge on any atom is 0.336 e. The summed E-state index contributed by atoms with van der Waals surface area (Å²) in [5.41, 5.74) is 2.66. The van der Waals surface area contributed by atoms with E-state index in [0.717, 1.165) is 0 Å². The predicted molar refractivity (Wildman–Crippen MR) is 130 cm³/mol. The van der Waals surface area contributed by atoms with E-state index in [2.05, 4.69) is 5.32 Å². The van der Waals surface area contributed by atoms with Gasteiger partial charge in [0.1, 0.15) is 18.3 Å². The van der Waals surface area contributed by atoms with Crippen molar-refractivity contribution in [3.05, 3.63) is 52.4 Å². The first-order valence-corrected chi connectivity index (χ1v) is 12.0. The Morgan fingerprint density at radius 3 is 2.54 bits per heavy atom. The molecule has 0 saturated carbocycles. The Bertz CT molecular complexity index is 1040. The van der Waals surface area contributed by atoms with Crippen molar-refractivity contribution in [1.82, 2.24) is 5.32 Å². The number of methoxy groups -OCH3 is 1. The van der Waals surface area contributed by atoms with Gasteiger partial charge in [0.2, 0.25) is 0 Å². The van der Waals surface area contributed by atoms with Crippen LogP contribution in [0.4, 0.5) is 0 Å². The number of hydrogen-bond acceptors (Lipinski definition) is 8. The fourth-order valence-corrected chi connectivity index (χ4v) is 4.76. The average molecular weight is 486 g/mol. The molecule has 0 bridgehead atoms. The zero-order valence-corrected chi connectivity index (χ0v) is 21.3. The maximum atomic E-state index is 13.8. The van der Waals surface area contributed by atoms with Gasteiger partial charge in [-0.2, -0.15) is 0 Å². The number of ketones is 1. The number of benzene rings is 1. The van der Waals surface area contributed by atoms with Crippen molar-refractivity contribution in [1.29, 1.82) is 0 Å². The second kappa shape index (κ2) is 11.5. The van der Waals surface area contributed by atoms with Gasteiger partial charge in [-0.3, -0.25) is 9.59 Å². The highest BCUT2D eigenvalue weighted by atomic mass is 16.6. The van der Waals surface area contributed by atoms with Crippen molar-refractivity contribution >= 4 is 17.7 Å². The zero-order chi connectivity index (χ0) is 25.7. The number of ether oxygens (including phenoxy) is 4. The Kier molecular flexibility index (Phi) is 8.72. The number of carbonyl (C=O) groups excluding carboxylic acids is 3. The van der Waals surface area contributed by atoms with Gasteiger partial charge in [-0.05, 0) is 46.1 Å². The number of carbonyl (C=O) groups is 3. The van der Waals surface area contributed by atoms with E-state index in [9.17, 15) is 14.4 Å². The minimum absolute atomic E-state index is 0.0154. The number of para-hydroxylation sites is 1. The third-order valence-electron chi connectivity index (χ3n) is 6.26. The highest BCUT2D eigenvalue weighted by molar-refractivity contribution is 6.12. The number of dihydropyridines is 1. The van der Waals surface area contributed by atoms with Gasteiger partial charge >= 0.3 is 11.9 Å². The highest BCUT2D eigenvalue weighted by Crippen LogP contribution is 2.47. The van der Waals surface area contributed by atoms with Crippen LogP contribution in [0.2, 0.25) is 0 Å². The van der Waals surface area contributed by atoms with Crippen LogP contribution in [0, 0.1) is 11.8 Å². The number of nitrogens with one attached hydrogen (secondary N) is 1. The molecule has 0 unspecified atom stereocenters. The molecule has 1 aromatic rings. The van der Waals surface area contributed by atoms with Gasteiger partial charge in [-0.15, -0.1) is 0 Å². The number of Topliss-reactive ketones (excluding diaryl/α,β-unsaturated/α-hetero) is 1. The van der Waals surface area contributed by atoms with E-state index in [0.29, 0.717) is 46.9 Å². The van der Waals surface area contributed by atoms with Crippen molar-refractivity contribution in [3.63, 3.8) is 0 Å². The molecule has 8 heteroatoms. The lowest BCUT2D eigenvalue weighted by molar-refractivity contribution is -0.151. The van der Waals surface area contributed by atoms with Gasteiger partial charge in [-0.25, -0.2) is 4.79 Å². The molecule has 35 heavy (non-hydrogen) atoms. The Labute approximate surface area is 206 Å². The average Bonchev–Trinajstić information content (AvgIpc) is 2.81. The van der Waals surface area contributed by atoms with Crippen molar-refractivity contribution in [2.24, 2.45) is 11.8 Å². The second-order valence-corrected chi connectivity index (χ2v) is 9.06. The van der Waals surface area contributed by atoms with E-state index in [1.54, 1.807) is 6.92 Å². The van der Waals surface area contributed by atoms with Crippen LogP contribution >= 0.6 is 0 Å². The molecule has 0 fully saturated rings. The van der Waals surface area contributed by atoms with Gasteiger partial charge in [-0.1, -0.05) is 25.1 Å². The number of esters is 2. The summed E-state index contributed by atoms with van der Waals surface area (Å²) in [6, 6.07) is 7.32. The molecule has 8 nitrogen and oxygen atoms in total. The van der Waals surface area contributed by atoms with Crippen molar-refractivity contribution in [2.75, 3.05) is 26.9 Å². The quantitative estimate of drug-likeness (QED) is 0.321. The van der Waals surface area contributed by atoms with Crippen LogP contribution in [0.25, 0.3) is 0 Å². The fraction of sp³-hybridized carbons (Fsp3) is 0.519. The molecule has 0 saturated heterocycles. The molecule has 1 aliphatic carbocycles. The SMILES string of the molecule is CCOc1ccccc1[C@H]1C(C(=O)OCCOC(C)C)=C(C)NC2=C1C(=O)[C@H](C(=O)OC)[C@@H](C)C2. The van der Waals surface area contributed by atoms with E-state index < -0.39 is 23.8 Å². The van der Waals surface area contributed by atoms with Crippen molar-refractivity contribution < 1.29 is 33.3 Å². The van der Waals surface area contributed by atoms with Crippen LogP contribution in [-0.2, 0) is 28.6 Å². The standard InChI is InChI=1S/C27H35NO7/c1-7-33-20-11-9-8-10-18(20)23-22(27(31)35-13-12-34-15(2)3)17(5)28-19-14-16(4)21(26(30)32-6)25(29)24(19)23/h8-11,15-16,21,23,28H,7,12-14H2,1-6H3/t16-,21+,23-/m0/s1. The van der Waals surface area contributed by atoms with Gasteiger partial charge in [0.05, 0.1) is 37.9 Å². The molecule has 0 amide bonds. The third kappa shape index (κ3) is 5.59. The summed E-state index contributed by atoms with van der Waals surface area (Å²) < 4.78 is 21.9. The van der Waals surface area contributed by atoms with E-state index in [4.69, 9.17) is 18.9 Å². The van der Waals surface area contributed by atoms with Gasteiger partial charge in [0.25, 0.3) is 0 Å². The summed E-state index contributed by atoms with van der Waals surface area (Å²) >= 11 is 0. The first-order chi connectivity index (χ1) is 16.7. The minimum atomic E-state index is -0.947. The van der Waals surface area contributed by atoms with E-state index in [1.807, 2.05) is 52.0 Å². The second-order valence-electron chi connectivity index (χ2n) is 9.06. The topological polar surface area (TPSA) is 100 Å². The van der Waals surface area contributed by atoms with Crippen molar-refractivity contribution in [3.8, 4) is 5.75 Å². The number of rotatable bonds is 9. The Morgan fingerprint density at radius 1 is 1.17 bits per heavy atom. The lowest BCUT2D eigenvalue weighted by Gasteiger charge is -2.38. The molecule has 1 aromatic carbocycles. The van der Waals surface area contributed by atoms with Crippen LogP contribution in [0.15, 0.2) is 46.8 Å². The molecule has 3 rings (SSSR count). The Morgan fingerprint density at radius 2 is 1.89 bits per heavy atom. The van der Waals surface area contributed by atoms with E-state index in [1.165, 1.54) is 7.11 Å². The van der Waals surface area contributed by atoms with Gasteiger partial charge in [0, 0.05) is 22.5 Å². The molecule has 0 aromatic heterocycles. The molecular formula is C27H35NO7. The normalized spacial score (nSPS) is 22.0. The summed E-state index contributed by atoms with van der Waals surface area (Å²) in [7, 11) is 1.28. The highest BCUT2D eigenvalue weighted by Gasteiger charge is 2.47. The monoisotopic (exact) mass is 485 g/mol. The fourth-order valence-electron chi connectivity index (χ4n) is 4.76. The Balaban J connectivity index is 2.09. The summed E-state index contributed by atoms with van der Waals surface area (Å²) in [4.78, 5) is 39.7. The van der Waals surface area contributed by atoms with Crippen LogP contribution in [-0.4, -0.2) is 50.8 Å². The molecule has 1 heterocycles. The van der Waals surface area contributed by atoms with Gasteiger partial charge < -0.3 is 24.3 Å². The number of allylic oxidation sites excluding steroid dienone is 3. The minimum Gasteiger partial charge on any atom is -0.494 e. The van der Waals surface area contributed by atoms with Gasteiger partial charge in [0.15, 0.2) is 5.78 Å². The van der Waals surface area contributed by atoms with Crippen molar-refractivity contribution in [2.45, 2.75) is 53.1 Å². The predicted octanol–water partition coefficient (Wildman–Crippen LogP) is 3.67. The summed E-state index contributed by atoms with van der Waals surface area (Å²) in [6.07, 6.45) is 0.484. The molecular weight excluding hydrogens is 450 g/mol. The lowest BCUT2D eigenvalue weighted by atomic mass is 9.69. The summed E-state index contributed by atoms with van der Waals surface area (Å²) in [6.45, 7) is 10.1. The number of hydrogen-bond donors (Lipinski definition) is 1. The van der Waals surface area contributed by atoms with Crippen LogP contribution in [0.1, 0.15) is 52.5 Å². The molecule has 190 valence electrons. The molecule has 2 aliphatic rings. The van der Waals surface area contributed by atoms with Crippen LogP contribution < -0.4 is 10.1 Å². The Hall–Kier alpha value is -3.13. The largest absolute Gasteiger partial charge is 0.494 e. The molecule has 0 spiro atoms. The first-order valence-electron chi connectivity index (χ1n) is 12.0. The third-order valence-corrected chi connectivity index (χ3v) is 6.26. The molecule has 3 atom stereocenters. The van der Waals surface area contributed by atoms with Crippen LogP contribution in [0.5, 0.6) is 5.75 Å². The molecule has 1 N–H and O–H groups in total. The first kappa shape index (κ1) is 26.5. The molecule has 1 aliphatic heterocycles. The van der Waals surface area contributed by atoms with Crippen LogP contribution in [0.3, 0.4) is 0 Å². The lowest BCUT2D eigenvalue weighted by Crippen LogP contribution is -2.43. The maximum absolute atomic E-state index is 13.8. The summed E-state index contributed by atoms with van der Waals surface area (Å²) in [5, 5.41) is 3.26. The zero-order valence-electron chi connectivity index (χ0n) is 21.3. The smallest absolute Gasteiger partial charge is 0.336 e. The van der Waals surface area contributed by atoms with E-state index in [-0.39, 0.29) is 31.0 Å². The van der Waals surface area contributed by atoms with E-state index >= 15 is 0 Å². The molecule has 0 radical (unpaired) electrons.